The maximum absolute atomic E-state index is 12.0. The monoisotopic (exact) mass is 358 g/mol. The van der Waals surface area contributed by atoms with Gasteiger partial charge in [0.1, 0.15) is 5.75 Å². The molecule has 0 bridgehead atoms. The lowest BCUT2D eigenvalue weighted by Crippen LogP contribution is -2.23. The van der Waals surface area contributed by atoms with Gasteiger partial charge in [0.05, 0.1) is 7.11 Å². The van der Waals surface area contributed by atoms with E-state index in [0.717, 1.165) is 22.0 Å². The van der Waals surface area contributed by atoms with Gasteiger partial charge < -0.3 is 10.1 Å². The van der Waals surface area contributed by atoms with Gasteiger partial charge in [-0.3, -0.25) is 9.78 Å². The Morgan fingerprint density at radius 3 is 2.56 bits per heavy atom. The number of ether oxygens (including phenoxy) is 1. The third-order valence-electron chi connectivity index (χ3n) is 3.81. The summed E-state index contributed by atoms with van der Waals surface area (Å²) in [7, 11) is 1.65. The third kappa shape index (κ3) is 6.42. The highest BCUT2D eigenvalue weighted by molar-refractivity contribution is 7.99. The molecular weight excluding hydrogens is 332 g/mol. The summed E-state index contributed by atoms with van der Waals surface area (Å²) in [4.78, 5) is 17.4. The van der Waals surface area contributed by atoms with E-state index >= 15 is 0 Å². The van der Waals surface area contributed by atoms with Crippen LogP contribution >= 0.6 is 11.8 Å². The second kappa shape index (κ2) is 8.90. The summed E-state index contributed by atoms with van der Waals surface area (Å²) in [6, 6.07) is 9.98. The fraction of sp³-hybridized carbons (Fsp3) is 0.400. The summed E-state index contributed by atoms with van der Waals surface area (Å²) >= 11 is 1.67. The van der Waals surface area contributed by atoms with Crippen molar-refractivity contribution in [2.75, 3.05) is 12.9 Å². The first kappa shape index (κ1) is 19.3. The Balaban J connectivity index is 1.75. The van der Waals surface area contributed by atoms with Crippen LogP contribution in [-0.2, 0) is 16.8 Å². The number of aromatic nitrogens is 1. The van der Waals surface area contributed by atoms with E-state index in [0.29, 0.717) is 13.0 Å². The number of thioether (sulfide) groups is 1. The average molecular weight is 359 g/mol. The summed E-state index contributed by atoms with van der Waals surface area (Å²) in [6.07, 6.45) is 4.18. The predicted octanol–water partition coefficient (Wildman–Crippen LogP) is 4.19. The molecule has 1 N–H and O–H groups in total. The van der Waals surface area contributed by atoms with E-state index in [1.807, 2.05) is 36.7 Å². The number of rotatable bonds is 7. The van der Waals surface area contributed by atoms with Crippen LogP contribution in [-0.4, -0.2) is 23.8 Å². The van der Waals surface area contributed by atoms with Crippen LogP contribution in [0.1, 0.15) is 38.3 Å². The van der Waals surface area contributed by atoms with Crippen LogP contribution in [0.15, 0.2) is 47.6 Å². The van der Waals surface area contributed by atoms with Crippen molar-refractivity contribution in [1.82, 2.24) is 10.3 Å². The molecule has 0 aliphatic carbocycles. The number of carbonyl (C=O) groups excluding carboxylic acids is 1. The van der Waals surface area contributed by atoms with Crippen molar-refractivity contribution in [3.8, 4) is 5.75 Å². The quantitative estimate of drug-likeness (QED) is 0.754. The smallest absolute Gasteiger partial charge is 0.221 e. The Kier molecular flexibility index (Phi) is 6.88. The van der Waals surface area contributed by atoms with E-state index < -0.39 is 0 Å². The van der Waals surface area contributed by atoms with E-state index in [1.165, 1.54) is 5.56 Å². The molecule has 0 spiro atoms. The third-order valence-corrected chi connectivity index (χ3v) is 4.82. The van der Waals surface area contributed by atoms with Gasteiger partial charge in [-0.15, -0.1) is 11.8 Å². The minimum absolute atomic E-state index is 0.0576. The molecule has 5 heteroatoms. The van der Waals surface area contributed by atoms with Crippen molar-refractivity contribution in [1.29, 1.82) is 0 Å². The fourth-order valence-corrected chi connectivity index (χ4v) is 3.07. The number of benzene rings is 1. The zero-order valence-corrected chi connectivity index (χ0v) is 16.2. The highest BCUT2D eigenvalue weighted by Gasteiger charge is 2.14. The van der Waals surface area contributed by atoms with Crippen LogP contribution in [0.2, 0.25) is 0 Å². The lowest BCUT2D eigenvalue weighted by Gasteiger charge is -2.19. The van der Waals surface area contributed by atoms with E-state index in [2.05, 4.69) is 37.1 Å². The van der Waals surface area contributed by atoms with Crippen LogP contribution in [0.5, 0.6) is 5.75 Å². The summed E-state index contributed by atoms with van der Waals surface area (Å²) < 4.78 is 5.14. The van der Waals surface area contributed by atoms with Crippen molar-refractivity contribution in [3.05, 3.63) is 53.9 Å². The molecule has 1 aromatic carbocycles. The van der Waals surface area contributed by atoms with Crippen molar-refractivity contribution >= 4 is 17.7 Å². The van der Waals surface area contributed by atoms with E-state index in [-0.39, 0.29) is 11.3 Å². The van der Waals surface area contributed by atoms with Crippen molar-refractivity contribution < 1.29 is 9.53 Å². The molecule has 0 unspecified atom stereocenters. The molecule has 25 heavy (non-hydrogen) atoms. The molecule has 4 nitrogen and oxygen atoms in total. The molecule has 2 aromatic rings. The van der Waals surface area contributed by atoms with Crippen molar-refractivity contribution in [3.63, 3.8) is 0 Å². The maximum atomic E-state index is 12.0. The number of nitrogens with one attached hydrogen (secondary N) is 1. The molecule has 2 rings (SSSR count). The topological polar surface area (TPSA) is 51.2 Å². The van der Waals surface area contributed by atoms with Crippen molar-refractivity contribution in [2.24, 2.45) is 0 Å². The van der Waals surface area contributed by atoms with Gasteiger partial charge in [-0.05, 0) is 40.8 Å². The van der Waals surface area contributed by atoms with Gasteiger partial charge >= 0.3 is 0 Å². The molecule has 0 saturated heterocycles. The van der Waals surface area contributed by atoms with Crippen LogP contribution < -0.4 is 10.1 Å². The minimum atomic E-state index is 0.0576. The molecule has 134 valence electrons. The maximum Gasteiger partial charge on any atom is 0.221 e. The fourth-order valence-electron chi connectivity index (χ4n) is 2.22. The summed E-state index contributed by atoms with van der Waals surface area (Å²) in [5.74, 6) is 1.65. The Bertz CT molecular complexity index is 694. The number of methoxy groups -OCH3 is 1. The molecule has 1 aromatic heterocycles. The summed E-state index contributed by atoms with van der Waals surface area (Å²) in [5.41, 5.74) is 2.26. The van der Waals surface area contributed by atoms with Gasteiger partial charge in [-0.2, -0.15) is 0 Å². The Labute approximate surface area is 154 Å². The minimum Gasteiger partial charge on any atom is -0.497 e. The zero-order valence-electron chi connectivity index (χ0n) is 15.3. The van der Waals surface area contributed by atoms with Gasteiger partial charge in [0.25, 0.3) is 0 Å². The number of carbonyl (C=O) groups is 1. The van der Waals surface area contributed by atoms with Gasteiger partial charge in [-0.1, -0.05) is 26.8 Å². The molecule has 0 aliphatic rings. The number of hydrogen-bond donors (Lipinski definition) is 1. The number of pyridine rings is 1. The summed E-state index contributed by atoms with van der Waals surface area (Å²) in [6.45, 7) is 6.98. The molecule has 0 fully saturated rings. The second-order valence-corrected chi connectivity index (χ2v) is 8.05. The molecule has 0 atom stereocenters. The molecule has 1 heterocycles. The van der Waals surface area contributed by atoms with Crippen LogP contribution in [0.3, 0.4) is 0 Å². The first-order valence-electron chi connectivity index (χ1n) is 8.36. The van der Waals surface area contributed by atoms with E-state index in [1.54, 1.807) is 18.9 Å². The molecule has 0 saturated carbocycles. The first-order chi connectivity index (χ1) is 11.9. The number of hydrogen-bond acceptors (Lipinski definition) is 4. The van der Waals surface area contributed by atoms with Crippen LogP contribution in [0, 0.1) is 0 Å². The Hall–Kier alpha value is -2.01. The normalized spacial score (nSPS) is 11.2. The highest BCUT2D eigenvalue weighted by atomic mass is 32.2. The van der Waals surface area contributed by atoms with E-state index in [9.17, 15) is 4.79 Å². The van der Waals surface area contributed by atoms with Gasteiger partial charge in [-0.25, -0.2) is 0 Å². The lowest BCUT2D eigenvalue weighted by atomic mass is 9.88. The second-order valence-electron chi connectivity index (χ2n) is 6.88. The Morgan fingerprint density at radius 1 is 1.20 bits per heavy atom. The summed E-state index contributed by atoms with van der Waals surface area (Å²) in [5, 5.41) is 2.97. The predicted molar refractivity (Wildman–Crippen MR) is 103 cm³/mol. The standard InChI is InChI=1S/C20H26N2O2S/c1-20(2,3)16-11-15(12-21-14-16)13-22-19(23)9-10-25-18-7-5-17(24-4)6-8-18/h5-8,11-12,14H,9-10,13H2,1-4H3,(H,22,23). The average Bonchev–Trinajstić information content (AvgIpc) is 2.60. The van der Waals surface area contributed by atoms with Crippen LogP contribution in [0.4, 0.5) is 0 Å². The molecule has 0 radical (unpaired) electrons. The first-order valence-corrected chi connectivity index (χ1v) is 9.35. The lowest BCUT2D eigenvalue weighted by molar-refractivity contribution is -0.120. The van der Waals surface area contributed by atoms with Gasteiger partial charge in [0.15, 0.2) is 0 Å². The molecule has 0 aliphatic heterocycles. The van der Waals surface area contributed by atoms with Gasteiger partial charge in [0.2, 0.25) is 5.91 Å². The largest absolute Gasteiger partial charge is 0.497 e. The molecular formula is C20H26N2O2S. The Morgan fingerprint density at radius 2 is 1.92 bits per heavy atom. The number of nitrogens with zero attached hydrogens (tertiary/aromatic N) is 1. The van der Waals surface area contributed by atoms with Crippen LogP contribution in [0.25, 0.3) is 0 Å². The van der Waals surface area contributed by atoms with Crippen molar-refractivity contribution in [2.45, 2.75) is 44.0 Å². The SMILES string of the molecule is COc1ccc(SCCC(=O)NCc2cncc(C(C)(C)C)c2)cc1. The molecule has 1 amide bonds. The highest BCUT2D eigenvalue weighted by Crippen LogP contribution is 2.22. The van der Waals surface area contributed by atoms with Gasteiger partial charge in [0, 0.05) is 36.0 Å². The zero-order chi connectivity index (χ0) is 18.3. The van der Waals surface area contributed by atoms with E-state index in [4.69, 9.17) is 4.74 Å². The number of amides is 1.